The third-order valence-corrected chi connectivity index (χ3v) is 2.29. The molecule has 1 aromatic heterocycles. The van der Waals surface area contributed by atoms with Gasteiger partial charge in [-0.25, -0.2) is 4.79 Å². The van der Waals surface area contributed by atoms with Crippen LogP contribution in [0.1, 0.15) is 5.69 Å². The van der Waals surface area contributed by atoms with Gasteiger partial charge >= 0.3 is 5.69 Å². The van der Waals surface area contributed by atoms with E-state index in [-0.39, 0.29) is 5.69 Å². The maximum Gasteiger partial charge on any atom is 0.323 e. The molecular weight excluding hydrogens is 192 g/mol. The summed E-state index contributed by atoms with van der Waals surface area (Å²) in [5.74, 6) is 0.746. The lowest BCUT2D eigenvalue weighted by molar-refractivity contribution is 0.416. The molecular formula is C11H12N2O2. The Hall–Kier alpha value is -1.97. The zero-order valence-corrected chi connectivity index (χ0v) is 8.63. The summed E-state index contributed by atoms with van der Waals surface area (Å²) in [5.41, 5.74) is 2.27. The molecule has 0 radical (unpaired) electrons. The summed E-state index contributed by atoms with van der Waals surface area (Å²) in [6, 6.07) is 7.57. The molecule has 0 fully saturated rings. The zero-order valence-electron chi connectivity index (χ0n) is 8.63. The molecule has 0 unspecified atom stereocenters. The van der Waals surface area contributed by atoms with Crippen LogP contribution in [0, 0.1) is 6.92 Å². The number of H-pyrrole nitrogens is 2. The van der Waals surface area contributed by atoms with Crippen molar-refractivity contribution >= 4 is 0 Å². The normalized spacial score (nSPS) is 10.3. The summed E-state index contributed by atoms with van der Waals surface area (Å²) in [4.78, 5) is 16.6. The lowest BCUT2D eigenvalue weighted by Crippen LogP contribution is -2.00. The Balaban J connectivity index is 2.63. The molecule has 0 aliphatic carbocycles. The van der Waals surface area contributed by atoms with Gasteiger partial charge in [0.05, 0.1) is 12.8 Å². The Morgan fingerprint density at radius 1 is 1.20 bits per heavy atom. The van der Waals surface area contributed by atoms with Gasteiger partial charge < -0.3 is 14.7 Å². The molecule has 1 aromatic carbocycles. The van der Waals surface area contributed by atoms with Crippen LogP contribution in [0.4, 0.5) is 0 Å². The van der Waals surface area contributed by atoms with E-state index in [4.69, 9.17) is 4.74 Å². The molecule has 0 saturated carbocycles. The molecule has 4 nitrogen and oxygen atoms in total. The second-order valence-electron chi connectivity index (χ2n) is 3.28. The van der Waals surface area contributed by atoms with E-state index >= 15 is 0 Å². The van der Waals surface area contributed by atoms with Crippen molar-refractivity contribution in [1.29, 1.82) is 0 Å². The van der Waals surface area contributed by atoms with Crippen molar-refractivity contribution in [2.75, 3.05) is 7.11 Å². The van der Waals surface area contributed by atoms with Gasteiger partial charge in [0.1, 0.15) is 5.75 Å². The van der Waals surface area contributed by atoms with E-state index in [1.807, 2.05) is 31.2 Å². The molecule has 1 heterocycles. The predicted octanol–water partition coefficient (Wildman–Crippen LogP) is 1.69. The number of methoxy groups -OCH3 is 1. The largest absolute Gasteiger partial charge is 0.496 e. The number of nitrogens with one attached hydrogen (secondary N) is 2. The summed E-state index contributed by atoms with van der Waals surface area (Å²) in [6.45, 7) is 1.85. The van der Waals surface area contributed by atoms with Gasteiger partial charge in [0, 0.05) is 11.3 Å². The van der Waals surface area contributed by atoms with Crippen LogP contribution in [-0.2, 0) is 0 Å². The highest BCUT2D eigenvalue weighted by Gasteiger charge is 2.09. The SMILES string of the molecule is COc1ccccc1-c1[nH]c(=O)[nH]c1C. The van der Waals surface area contributed by atoms with Crippen LogP contribution in [0.25, 0.3) is 11.3 Å². The quantitative estimate of drug-likeness (QED) is 0.782. The van der Waals surface area contributed by atoms with E-state index in [1.165, 1.54) is 0 Å². The van der Waals surface area contributed by atoms with Crippen LogP contribution in [0.3, 0.4) is 0 Å². The van der Waals surface area contributed by atoms with Gasteiger partial charge in [-0.3, -0.25) is 0 Å². The minimum absolute atomic E-state index is 0.201. The first kappa shape index (κ1) is 9.58. The Kier molecular flexibility index (Phi) is 2.33. The fourth-order valence-electron chi connectivity index (χ4n) is 1.59. The number of hydrogen-bond acceptors (Lipinski definition) is 2. The van der Waals surface area contributed by atoms with Gasteiger partial charge in [0.2, 0.25) is 0 Å². The van der Waals surface area contributed by atoms with Crippen LogP contribution in [0.2, 0.25) is 0 Å². The molecule has 0 aliphatic rings. The molecule has 0 atom stereocenters. The minimum atomic E-state index is -0.201. The average molecular weight is 204 g/mol. The number of aryl methyl sites for hydroxylation is 1. The molecule has 0 saturated heterocycles. The molecule has 15 heavy (non-hydrogen) atoms. The number of benzene rings is 1. The standard InChI is InChI=1S/C11H12N2O2/c1-7-10(13-11(14)12-7)8-5-3-4-6-9(8)15-2/h3-6H,1-2H3,(H2,12,13,14). The summed E-state index contributed by atoms with van der Waals surface area (Å²) in [7, 11) is 1.61. The Morgan fingerprint density at radius 2 is 1.93 bits per heavy atom. The van der Waals surface area contributed by atoms with Crippen LogP contribution in [-0.4, -0.2) is 17.1 Å². The van der Waals surface area contributed by atoms with Gasteiger partial charge in [0.25, 0.3) is 0 Å². The molecule has 0 aliphatic heterocycles. The summed E-state index contributed by atoms with van der Waals surface area (Å²) >= 11 is 0. The van der Waals surface area contributed by atoms with E-state index in [1.54, 1.807) is 7.11 Å². The van der Waals surface area contributed by atoms with Gasteiger partial charge in [0.15, 0.2) is 0 Å². The highest BCUT2D eigenvalue weighted by molar-refractivity contribution is 5.68. The number of imidazole rings is 1. The molecule has 0 spiro atoms. The molecule has 78 valence electrons. The van der Waals surface area contributed by atoms with Crippen LogP contribution < -0.4 is 10.4 Å². The Labute approximate surface area is 86.9 Å². The monoisotopic (exact) mass is 204 g/mol. The van der Waals surface area contributed by atoms with Crippen LogP contribution in [0.15, 0.2) is 29.1 Å². The van der Waals surface area contributed by atoms with Crippen LogP contribution >= 0.6 is 0 Å². The predicted molar refractivity (Wildman–Crippen MR) is 58.1 cm³/mol. The zero-order chi connectivity index (χ0) is 10.8. The van der Waals surface area contributed by atoms with Crippen molar-refractivity contribution in [2.24, 2.45) is 0 Å². The average Bonchev–Trinajstić information content (AvgIpc) is 2.57. The van der Waals surface area contributed by atoms with E-state index in [0.29, 0.717) is 0 Å². The van der Waals surface area contributed by atoms with E-state index in [9.17, 15) is 4.79 Å². The highest BCUT2D eigenvalue weighted by Crippen LogP contribution is 2.28. The lowest BCUT2D eigenvalue weighted by atomic mass is 10.1. The summed E-state index contributed by atoms with van der Waals surface area (Å²) in [6.07, 6.45) is 0. The molecule has 4 heteroatoms. The smallest absolute Gasteiger partial charge is 0.323 e. The second-order valence-corrected chi connectivity index (χ2v) is 3.28. The third kappa shape index (κ3) is 1.66. The van der Waals surface area contributed by atoms with Crippen molar-refractivity contribution in [3.05, 3.63) is 40.4 Å². The van der Waals surface area contributed by atoms with Crippen molar-refractivity contribution in [3.8, 4) is 17.0 Å². The molecule has 2 rings (SSSR count). The molecule has 0 bridgehead atoms. The second kappa shape index (κ2) is 3.65. The number of para-hydroxylation sites is 1. The van der Waals surface area contributed by atoms with E-state index in [0.717, 1.165) is 22.7 Å². The van der Waals surface area contributed by atoms with Crippen molar-refractivity contribution < 1.29 is 4.74 Å². The molecule has 0 amide bonds. The third-order valence-electron chi connectivity index (χ3n) is 2.29. The van der Waals surface area contributed by atoms with Gasteiger partial charge in [-0.05, 0) is 19.1 Å². The summed E-state index contributed by atoms with van der Waals surface area (Å²) < 4.78 is 5.23. The Morgan fingerprint density at radius 3 is 2.53 bits per heavy atom. The first-order chi connectivity index (χ1) is 7.22. The first-order valence-corrected chi connectivity index (χ1v) is 4.64. The maximum atomic E-state index is 11.1. The fraction of sp³-hybridized carbons (Fsp3) is 0.182. The number of rotatable bonds is 2. The van der Waals surface area contributed by atoms with Gasteiger partial charge in [-0.15, -0.1) is 0 Å². The molecule has 2 N–H and O–H groups in total. The van der Waals surface area contributed by atoms with Gasteiger partial charge in [-0.1, -0.05) is 12.1 Å². The first-order valence-electron chi connectivity index (χ1n) is 4.64. The maximum absolute atomic E-state index is 11.1. The van der Waals surface area contributed by atoms with Crippen molar-refractivity contribution in [3.63, 3.8) is 0 Å². The number of ether oxygens (including phenoxy) is 1. The lowest BCUT2D eigenvalue weighted by Gasteiger charge is -2.06. The number of aromatic nitrogens is 2. The molecule has 2 aromatic rings. The summed E-state index contributed by atoms with van der Waals surface area (Å²) in [5, 5.41) is 0. The van der Waals surface area contributed by atoms with Crippen LogP contribution in [0.5, 0.6) is 5.75 Å². The number of hydrogen-bond donors (Lipinski definition) is 2. The van der Waals surface area contributed by atoms with Crippen molar-refractivity contribution in [1.82, 2.24) is 9.97 Å². The fourth-order valence-corrected chi connectivity index (χ4v) is 1.59. The Bertz CT molecular complexity index is 525. The minimum Gasteiger partial charge on any atom is -0.496 e. The topological polar surface area (TPSA) is 57.9 Å². The highest BCUT2D eigenvalue weighted by atomic mass is 16.5. The van der Waals surface area contributed by atoms with E-state index in [2.05, 4.69) is 9.97 Å². The van der Waals surface area contributed by atoms with E-state index < -0.39 is 0 Å². The van der Waals surface area contributed by atoms with Crippen molar-refractivity contribution in [2.45, 2.75) is 6.92 Å². The van der Waals surface area contributed by atoms with Gasteiger partial charge in [-0.2, -0.15) is 0 Å². The number of aromatic amines is 2.